The molecule has 2 aromatic rings. The Kier molecular flexibility index (Phi) is 3.81. The van der Waals surface area contributed by atoms with Gasteiger partial charge in [0.05, 0.1) is 0 Å². The van der Waals surface area contributed by atoms with E-state index in [2.05, 4.69) is 20.9 Å². The second-order valence-electron chi connectivity index (χ2n) is 3.70. The summed E-state index contributed by atoms with van der Waals surface area (Å²) in [6, 6.07) is 5.79. The molecule has 0 amide bonds. The number of aryl methyl sites for hydroxylation is 1. The van der Waals surface area contributed by atoms with Crippen LogP contribution in [0.4, 0.5) is 0 Å². The third-order valence-electron chi connectivity index (χ3n) is 2.53. The fourth-order valence-electron chi connectivity index (χ4n) is 1.48. The van der Waals surface area contributed by atoms with Gasteiger partial charge in [0.1, 0.15) is 18.2 Å². The molecule has 1 aromatic carbocycles. The summed E-state index contributed by atoms with van der Waals surface area (Å²) < 4.78 is 8.61. The molecular formula is C12H14BrN3O. The van der Waals surface area contributed by atoms with Crippen molar-refractivity contribution >= 4 is 15.9 Å². The average Bonchev–Trinajstić information content (AvgIpc) is 2.74. The first-order chi connectivity index (χ1) is 8.20. The molecule has 0 saturated carbocycles. The molecule has 4 nitrogen and oxygen atoms in total. The molecule has 0 fully saturated rings. The Morgan fingerprint density at radius 3 is 2.94 bits per heavy atom. The highest BCUT2D eigenvalue weighted by Gasteiger charge is 2.03. The summed E-state index contributed by atoms with van der Waals surface area (Å²) in [4.78, 5) is 4.19. The summed E-state index contributed by atoms with van der Waals surface area (Å²) in [5, 5.41) is 0. The largest absolute Gasteiger partial charge is 0.486 e. The predicted octanol–water partition coefficient (Wildman–Crippen LogP) is 2.22. The van der Waals surface area contributed by atoms with Crippen LogP contribution in [0.3, 0.4) is 0 Å². The Hall–Kier alpha value is -1.33. The van der Waals surface area contributed by atoms with Crippen LogP contribution in [-0.2, 0) is 20.2 Å². The van der Waals surface area contributed by atoms with E-state index in [1.54, 1.807) is 6.20 Å². The lowest BCUT2D eigenvalue weighted by Gasteiger charge is -2.08. The van der Waals surface area contributed by atoms with Crippen LogP contribution in [0, 0.1) is 0 Å². The Balaban J connectivity index is 2.07. The minimum atomic E-state index is 0.454. The number of ether oxygens (including phenoxy) is 1. The topological polar surface area (TPSA) is 53.1 Å². The number of halogens is 1. The van der Waals surface area contributed by atoms with E-state index in [-0.39, 0.29) is 0 Å². The number of nitrogens with two attached hydrogens (primary N) is 1. The van der Waals surface area contributed by atoms with Gasteiger partial charge in [0.15, 0.2) is 0 Å². The van der Waals surface area contributed by atoms with Gasteiger partial charge < -0.3 is 15.0 Å². The smallest absolute Gasteiger partial charge is 0.146 e. The summed E-state index contributed by atoms with van der Waals surface area (Å²) in [7, 11) is 1.94. The third-order valence-corrected chi connectivity index (χ3v) is 3.30. The van der Waals surface area contributed by atoms with Crippen LogP contribution >= 0.6 is 15.9 Å². The highest BCUT2D eigenvalue weighted by Crippen LogP contribution is 2.22. The predicted molar refractivity (Wildman–Crippen MR) is 69.6 cm³/mol. The lowest BCUT2D eigenvalue weighted by Crippen LogP contribution is -2.04. The second-order valence-corrected chi connectivity index (χ2v) is 4.55. The van der Waals surface area contributed by atoms with E-state index >= 15 is 0 Å². The molecule has 0 aliphatic carbocycles. The minimum absolute atomic E-state index is 0.454. The Morgan fingerprint density at radius 2 is 2.29 bits per heavy atom. The first-order valence-corrected chi connectivity index (χ1v) is 6.07. The summed E-state index contributed by atoms with van der Waals surface area (Å²) in [6.45, 7) is 0.940. The lowest BCUT2D eigenvalue weighted by atomic mass is 10.2. The van der Waals surface area contributed by atoms with Gasteiger partial charge in [-0.25, -0.2) is 4.98 Å². The molecular weight excluding hydrogens is 282 g/mol. The van der Waals surface area contributed by atoms with Gasteiger partial charge in [-0.3, -0.25) is 0 Å². The Labute approximate surface area is 109 Å². The number of aromatic nitrogens is 2. The molecule has 0 radical (unpaired) electrons. The van der Waals surface area contributed by atoms with Gasteiger partial charge >= 0.3 is 0 Å². The summed E-state index contributed by atoms with van der Waals surface area (Å²) in [5.74, 6) is 1.69. The molecule has 2 rings (SSSR count). The van der Waals surface area contributed by atoms with Crippen LogP contribution in [0.1, 0.15) is 11.4 Å². The van der Waals surface area contributed by atoms with Crippen LogP contribution in [0.15, 0.2) is 35.1 Å². The van der Waals surface area contributed by atoms with Crippen LogP contribution in [0.5, 0.6) is 5.75 Å². The van der Waals surface area contributed by atoms with E-state index in [1.165, 1.54) is 0 Å². The van der Waals surface area contributed by atoms with Crippen molar-refractivity contribution in [3.63, 3.8) is 0 Å². The van der Waals surface area contributed by atoms with Crippen LogP contribution in [0.2, 0.25) is 0 Å². The zero-order valence-electron chi connectivity index (χ0n) is 9.56. The van der Waals surface area contributed by atoms with Gasteiger partial charge in [0.2, 0.25) is 0 Å². The lowest BCUT2D eigenvalue weighted by molar-refractivity contribution is 0.291. The van der Waals surface area contributed by atoms with Crippen molar-refractivity contribution < 1.29 is 4.74 Å². The zero-order chi connectivity index (χ0) is 12.3. The molecule has 0 saturated heterocycles. The molecule has 2 N–H and O–H groups in total. The second kappa shape index (κ2) is 5.33. The maximum Gasteiger partial charge on any atom is 0.146 e. The van der Waals surface area contributed by atoms with E-state index in [0.717, 1.165) is 21.6 Å². The summed E-state index contributed by atoms with van der Waals surface area (Å²) >= 11 is 3.44. The first kappa shape index (κ1) is 12.1. The molecule has 0 bridgehead atoms. The normalized spacial score (nSPS) is 10.5. The van der Waals surface area contributed by atoms with Crippen molar-refractivity contribution in [1.29, 1.82) is 0 Å². The van der Waals surface area contributed by atoms with Crippen molar-refractivity contribution in [3.05, 3.63) is 46.5 Å². The van der Waals surface area contributed by atoms with Crippen molar-refractivity contribution in [2.24, 2.45) is 12.8 Å². The van der Waals surface area contributed by atoms with Crippen molar-refractivity contribution in [1.82, 2.24) is 9.55 Å². The molecule has 90 valence electrons. The summed E-state index contributed by atoms with van der Waals surface area (Å²) in [6.07, 6.45) is 3.65. The fraction of sp³-hybridized carbons (Fsp3) is 0.250. The molecule has 0 aliphatic heterocycles. The number of hydrogen-bond donors (Lipinski definition) is 1. The van der Waals surface area contributed by atoms with E-state index in [9.17, 15) is 0 Å². The highest BCUT2D eigenvalue weighted by atomic mass is 79.9. The first-order valence-electron chi connectivity index (χ1n) is 5.28. The zero-order valence-corrected chi connectivity index (χ0v) is 11.1. The van der Waals surface area contributed by atoms with E-state index in [1.807, 2.05) is 36.0 Å². The third kappa shape index (κ3) is 2.87. The molecule has 0 unspecified atom stereocenters. The number of benzene rings is 1. The SMILES string of the molecule is Cn1ccnc1COc1ccc(Br)c(CN)c1. The van der Waals surface area contributed by atoms with E-state index < -0.39 is 0 Å². The maximum atomic E-state index is 5.67. The van der Waals surface area contributed by atoms with Gasteiger partial charge in [0.25, 0.3) is 0 Å². The van der Waals surface area contributed by atoms with Crippen LogP contribution in [-0.4, -0.2) is 9.55 Å². The summed E-state index contributed by atoms with van der Waals surface area (Å²) in [5.41, 5.74) is 6.66. The van der Waals surface area contributed by atoms with Gasteiger partial charge in [-0.15, -0.1) is 0 Å². The quantitative estimate of drug-likeness (QED) is 0.941. The maximum absolute atomic E-state index is 5.67. The van der Waals surface area contributed by atoms with Crippen molar-refractivity contribution in [3.8, 4) is 5.75 Å². The molecule has 1 aromatic heterocycles. The van der Waals surface area contributed by atoms with Gasteiger partial charge in [0, 0.05) is 30.5 Å². The monoisotopic (exact) mass is 295 g/mol. The molecule has 0 spiro atoms. The Morgan fingerprint density at radius 1 is 1.47 bits per heavy atom. The Bertz CT molecular complexity index is 510. The van der Waals surface area contributed by atoms with Gasteiger partial charge in [-0.2, -0.15) is 0 Å². The van der Waals surface area contributed by atoms with Crippen molar-refractivity contribution in [2.75, 3.05) is 0 Å². The fourth-order valence-corrected chi connectivity index (χ4v) is 1.89. The molecule has 17 heavy (non-hydrogen) atoms. The van der Waals surface area contributed by atoms with Crippen LogP contribution in [0.25, 0.3) is 0 Å². The van der Waals surface area contributed by atoms with E-state index in [0.29, 0.717) is 13.2 Å². The van der Waals surface area contributed by atoms with Gasteiger partial charge in [-0.05, 0) is 23.8 Å². The number of rotatable bonds is 4. The number of nitrogens with zero attached hydrogens (tertiary/aromatic N) is 2. The molecule has 0 aliphatic rings. The number of hydrogen-bond acceptors (Lipinski definition) is 3. The van der Waals surface area contributed by atoms with Crippen LogP contribution < -0.4 is 10.5 Å². The average molecular weight is 296 g/mol. The van der Waals surface area contributed by atoms with Gasteiger partial charge in [-0.1, -0.05) is 15.9 Å². The highest BCUT2D eigenvalue weighted by molar-refractivity contribution is 9.10. The standard InChI is InChI=1S/C12H14BrN3O/c1-16-5-4-15-12(16)8-17-10-2-3-11(13)9(6-10)7-14/h2-6H,7-8,14H2,1H3. The minimum Gasteiger partial charge on any atom is -0.486 e. The molecule has 5 heteroatoms. The van der Waals surface area contributed by atoms with E-state index in [4.69, 9.17) is 10.5 Å². The number of imidazole rings is 1. The molecule has 1 heterocycles. The van der Waals surface area contributed by atoms with Crippen molar-refractivity contribution in [2.45, 2.75) is 13.2 Å². The molecule has 0 atom stereocenters.